The van der Waals surface area contributed by atoms with E-state index in [2.05, 4.69) is 24.3 Å². The summed E-state index contributed by atoms with van der Waals surface area (Å²) in [4.78, 5) is 0. The van der Waals surface area contributed by atoms with Crippen LogP contribution in [-0.4, -0.2) is 31.2 Å². The van der Waals surface area contributed by atoms with Gasteiger partial charge in [-0.3, -0.25) is 0 Å². The molecule has 4 aromatic carbocycles. The fourth-order valence-electron chi connectivity index (χ4n) is 4.47. The molecule has 4 aromatic rings. The van der Waals surface area contributed by atoms with E-state index < -0.39 is 18.5 Å². The summed E-state index contributed by atoms with van der Waals surface area (Å²) in [7, 11) is 0. The summed E-state index contributed by atoms with van der Waals surface area (Å²) in [6.45, 7) is 2.07. The summed E-state index contributed by atoms with van der Waals surface area (Å²) in [5, 5.41) is 0. The molecule has 5 heteroatoms. The predicted molar refractivity (Wildman–Crippen MR) is 146 cm³/mol. The van der Waals surface area contributed by atoms with Gasteiger partial charge in [0.15, 0.2) is 6.29 Å². The van der Waals surface area contributed by atoms with Crippen LogP contribution in [0.2, 0.25) is 0 Å². The van der Waals surface area contributed by atoms with Crippen LogP contribution in [0.4, 0.5) is 0 Å². The van der Waals surface area contributed by atoms with E-state index in [1.54, 1.807) is 0 Å². The van der Waals surface area contributed by atoms with Crippen molar-refractivity contribution in [3.8, 4) is 0 Å². The van der Waals surface area contributed by atoms with Crippen molar-refractivity contribution < 1.29 is 23.7 Å². The number of rotatable bonds is 12. The lowest BCUT2D eigenvalue weighted by molar-refractivity contribution is -0.302. The largest absolute Gasteiger partial charge is 0.368 e. The van der Waals surface area contributed by atoms with Gasteiger partial charge in [0.05, 0.1) is 33.0 Å². The standard InChI is InChI=1S/C33H34O5/c1-5-13-26(14-6-1)21-34-30-25-38-33(37-24-29-19-11-4-12-20-29)32(36-23-28-17-9-3-10-18-28)31(30)35-22-27-15-7-2-8-16-27/h1-20,30-33H,21-25H2/t30-,31+,32-,33?/m1/s1. The number of benzene rings is 4. The predicted octanol–water partition coefficient (Wildman–Crippen LogP) is 6.32. The van der Waals surface area contributed by atoms with Gasteiger partial charge in [0, 0.05) is 0 Å². The molecule has 0 amide bonds. The van der Waals surface area contributed by atoms with E-state index in [1.165, 1.54) is 0 Å². The van der Waals surface area contributed by atoms with Crippen LogP contribution in [0.3, 0.4) is 0 Å². The molecule has 5 nitrogen and oxygen atoms in total. The van der Waals surface area contributed by atoms with Crippen LogP contribution in [0.15, 0.2) is 121 Å². The molecule has 0 spiro atoms. The molecule has 0 aliphatic carbocycles. The SMILES string of the molecule is c1ccc(COC2OC[C@@H](OCc3ccccc3)[C@H](OCc3ccccc3)[C@H]2OCc2ccccc2)cc1. The van der Waals surface area contributed by atoms with Gasteiger partial charge in [0.1, 0.15) is 18.3 Å². The molecule has 1 heterocycles. The first-order chi connectivity index (χ1) is 18.8. The van der Waals surface area contributed by atoms with Crippen molar-refractivity contribution in [2.24, 2.45) is 0 Å². The number of hydrogen-bond donors (Lipinski definition) is 0. The lowest BCUT2D eigenvalue weighted by Crippen LogP contribution is -2.56. The van der Waals surface area contributed by atoms with Crippen LogP contribution in [0.1, 0.15) is 22.3 Å². The first-order valence-corrected chi connectivity index (χ1v) is 13.1. The van der Waals surface area contributed by atoms with E-state index in [4.69, 9.17) is 23.7 Å². The van der Waals surface area contributed by atoms with Crippen molar-refractivity contribution in [3.63, 3.8) is 0 Å². The molecule has 0 saturated carbocycles. The third-order valence-electron chi connectivity index (χ3n) is 6.52. The minimum Gasteiger partial charge on any atom is -0.368 e. The maximum absolute atomic E-state index is 6.54. The summed E-state index contributed by atoms with van der Waals surface area (Å²) in [6, 6.07) is 40.5. The Morgan fingerprint density at radius 2 is 0.816 bits per heavy atom. The normalized spacial score (nSPS) is 21.3. The molecule has 0 aromatic heterocycles. The molecule has 1 aliphatic heterocycles. The highest BCUT2D eigenvalue weighted by Gasteiger charge is 2.43. The number of hydrogen-bond acceptors (Lipinski definition) is 5. The van der Waals surface area contributed by atoms with E-state index in [0.717, 1.165) is 22.3 Å². The average molecular weight is 511 g/mol. The molecule has 0 bridgehead atoms. The van der Waals surface area contributed by atoms with E-state index in [1.807, 2.05) is 97.1 Å². The minimum atomic E-state index is -0.601. The third-order valence-corrected chi connectivity index (χ3v) is 6.52. The monoisotopic (exact) mass is 510 g/mol. The first kappa shape index (κ1) is 26.3. The van der Waals surface area contributed by atoms with E-state index >= 15 is 0 Å². The molecule has 1 unspecified atom stereocenters. The van der Waals surface area contributed by atoms with Gasteiger partial charge in [0.25, 0.3) is 0 Å². The van der Waals surface area contributed by atoms with Crippen molar-refractivity contribution >= 4 is 0 Å². The van der Waals surface area contributed by atoms with Crippen LogP contribution in [0, 0.1) is 0 Å². The van der Waals surface area contributed by atoms with Crippen molar-refractivity contribution in [1.29, 1.82) is 0 Å². The summed E-state index contributed by atoms with van der Waals surface area (Å²) in [6.07, 6.45) is -1.80. The first-order valence-electron chi connectivity index (χ1n) is 13.1. The van der Waals surface area contributed by atoms with Gasteiger partial charge >= 0.3 is 0 Å². The Balaban J connectivity index is 1.35. The Morgan fingerprint density at radius 3 is 1.26 bits per heavy atom. The average Bonchev–Trinajstić information content (AvgIpc) is 2.99. The van der Waals surface area contributed by atoms with Gasteiger partial charge in [0.2, 0.25) is 0 Å². The Labute approximate surface area is 224 Å². The van der Waals surface area contributed by atoms with Gasteiger partial charge in [-0.05, 0) is 22.3 Å². The third kappa shape index (κ3) is 7.60. The molecular formula is C33H34O5. The lowest BCUT2D eigenvalue weighted by Gasteiger charge is -2.42. The van der Waals surface area contributed by atoms with Crippen LogP contribution in [0.25, 0.3) is 0 Å². The minimum absolute atomic E-state index is 0.323. The summed E-state index contributed by atoms with van der Waals surface area (Å²) in [5.41, 5.74) is 4.33. The second kappa shape index (κ2) is 14.0. The molecule has 196 valence electrons. The molecule has 1 saturated heterocycles. The smallest absolute Gasteiger partial charge is 0.186 e. The highest BCUT2D eigenvalue weighted by Crippen LogP contribution is 2.28. The second-order valence-electron chi connectivity index (χ2n) is 9.36. The topological polar surface area (TPSA) is 46.2 Å². The quantitative estimate of drug-likeness (QED) is 0.223. The van der Waals surface area contributed by atoms with Gasteiger partial charge < -0.3 is 23.7 Å². The Bertz CT molecular complexity index is 1090. The highest BCUT2D eigenvalue weighted by atomic mass is 16.7. The molecular weight excluding hydrogens is 476 g/mol. The van der Waals surface area contributed by atoms with Crippen LogP contribution < -0.4 is 0 Å². The fourth-order valence-corrected chi connectivity index (χ4v) is 4.47. The Kier molecular flexibility index (Phi) is 9.69. The maximum Gasteiger partial charge on any atom is 0.186 e. The Hall–Kier alpha value is -3.32. The van der Waals surface area contributed by atoms with Crippen molar-refractivity contribution in [2.45, 2.75) is 51.0 Å². The highest BCUT2D eigenvalue weighted by molar-refractivity contribution is 5.16. The van der Waals surface area contributed by atoms with E-state index in [9.17, 15) is 0 Å². The fraction of sp³-hybridized carbons (Fsp3) is 0.273. The van der Waals surface area contributed by atoms with Crippen LogP contribution in [0.5, 0.6) is 0 Å². The van der Waals surface area contributed by atoms with Gasteiger partial charge in [-0.25, -0.2) is 0 Å². The molecule has 5 rings (SSSR count). The van der Waals surface area contributed by atoms with Gasteiger partial charge in [-0.1, -0.05) is 121 Å². The molecule has 1 fully saturated rings. The van der Waals surface area contributed by atoms with Crippen LogP contribution in [-0.2, 0) is 50.1 Å². The molecule has 0 N–H and O–H groups in total. The molecule has 0 radical (unpaired) electrons. The van der Waals surface area contributed by atoms with Crippen molar-refractivity contribution in [3.05, 3.63) is 144 Å². The molecule has 38 heavy (non-hydrogen) atoms. The van der Waals surface area contributed by atoms with Crippen molar-refractivity contribution in [1.82, 2.24) is 0 Å². The van der Waals surface area contributed by atoms with E-state index in [0.29, 0.717) is 33.0 Å². The zero-order valence-electron chi connectivity index (χ0n) is 21.4. The summed E-state index contributed by atoms with van der Waals surface area (Å²) in [5.74, 6) is 0. The second-order valence-corrected chi connectivity index (χ2v) is 9.36. The lowest BCUT2D eigenvalue weighted by atomic mass is 10.0. The number of ether oxygens (including phenoxy) is 5. The zero-order chi connectivity index (χ0) is 25.8. The molecule has 1 aliphatic rings. The van der Waals surface area contributed by atoms with Gasteiger partial charge in [-0.2, -0.15) is 0 Å². The zero-order valence-corrected chi connectivity index (χ0v) is 21.4. The summed E-state index contributed by atoms with van der Waals surface area (Å²) < 4.78 is 31.9. The van der Waals surface area contributed by atoms with Crippen molar-refractivity contribution in [2.75, 3.05) is 6.61 Å². The molecule has 4 atom stereocenters. The maximum atomic E-state index is 6.54. The Morgan fingerprint density at radius 1 is 0.447 bits per heavy atom. The van der Waals surface area contributed by atoms with Gasteiger partial charge in [-0.15, -0.1) is 0 Å². The summed E-state index contributed by atoms with van der Waals surface area (Å²) >= 11 is 0. The van der Waals surface area contributed by atoms with Crippen LogP contribution >= 0.6 is 0 Å². The van der Waals surface area contributed by atoms with E-state index in [-0.39, 0.29) is 6.10 Å².